The SMILES string of the molecule is CNNC(=O)c1ccc(N2CCN(C)CC2)cc1. The number of hydrogen-bond acceptors (Lipinski definition) is 4. The lowest BCUT2D eigenvalue weighted by Crippen LogP contribution is -2.44. The van der Waals surface area contributed by atoms with Crippen LogP contribution in [-0.4, -0.2) is 51.1 Å². The highest BCUT2D eigenvalue weighted by Gasteiger charge is 2.14. The van der Waals surface area contributed by atoms with Crippen molar-refractivity contribution in [3.05, 3.63) is 29.8 Å². The zero-order chi connectivity index (χ0) is 13.0. The maximum Gasteiger partial charge on any atom is 0.265 e. The molecule has 0 bridgehead atoms. The summed E-state index contributed by atoms with van der Waals surface area (Å²) < 4.78 is 0. The van der Waals surface area contributed by atoms with Crippen molar-refractivity contribution in [2.24, 2.45) is 0 Å². The number of likely N-dealkylation sites (N-methyl/N-ethyl adjacent to an activating group) is 1. The molecular weight excluding hydrogens is 228 g/mol. The highest BCUT2D eigenvalue weighted by molar-refractivity contribution is 5.94. The van der Waals surface area contributed by atoms with E-state index in [1.807, 2.05) is 24.3 Å². The van der Waals surface area contributed by atoms with Gasteiger partial charge in [-0.2, -0.15) is 0 Å². The zero-order valence-corrected chi connectivity index (χ0v) is 10.9. The Balaban J connectivity index is 2.01. The van der Waals surface area contributed by atoms with E-state index in [0.29, 0.717) is 5.56 Å². The van der Waals surface area contributed by atoms with Crippen LogP contribution < -0.4 is 15.8 Å². The summed E-state index contributed by atoms with van der Waals surface area (Å²) in [5.41, 5.74) is 7.04. The van der Waals surface area contributed by atoms with Crippen molar-refractivity contribution in [3.63, 3.8) is 0 Å². The van der Waals surface area contributed by atoms with Gasteiger partial charge < -0.3 is 9.80 Å². The first-order valence-corrected chi connectivity index (χ1v) is 6.21. The Bertz CT molecular complexity index is 396. The number of nitrogens with zero attached hydrogens (tertiary/aromatic N) is 2. The predicted molar refractivity (Wildman–Crippen MR) is 72.7 cm³/mol. The van der Waals surface area contributed by atoms with Gasteiger partial charge in [0.1, 0.15) is 0 Å². The minimum absolute atomic E-state index is 0.109. The number of piperazine rings is 1. The number of carbonyl (C=O) groups is 1. The van der Waals surface area contributed by atoms with Gasteiger partial charge in [0.05, 0.1) is 0 Å². The molecule has 2 rings (SSSR count). The second-order valence-electron chi connectivity index (χ2n) is 4.54. The van der Waals surface area contributed by atoms with Crippen molar-refractivity contribution in [1.29, 1.82) is 0 Å². The number of hydrogen-bond donors (Lipinski definition) is 2. The van der Waals surface area contributed by atoms with E-state index in [2.05, 4.69) is 27.7 Å². The molecule has 0 saturated carbocycles. The minimum Gasteiger partial charge on any atom is -0.369 e. The molecule has 1 aliphatic rings. The lowest BCUT2D eigenvalue weighted by molar-refractivity contribution is 0.0938. The molecule has 5 heteroatoms. The van der Waals surface area contributed by atoms with Gasteiger partial charge in [-0.1, -0.05) is 0 Å². The fraction of sp³-hybridized carbons (Fsp3) is 0.462. The van der Waals surface area contributed by atoms with Crippen LogP contribution >= 0.6 is 0 Å². The Morgan fingerprint density at radius 3 is 2.28 bits per heavy atom. The lowest BCUT2D eigenvalue weighted by atomic mass is 10.1. The molecule has 1 heterocycles. The van der Waals surface area contributed by atoms with Crippen molar-refractivity contribution in [1.82, 2.24) is 15.8 Å². The van der Waals surface area contributed by atoms with E-state index in [1.54, 1.807) is 7.05 Å². The van der Waals surface area contributed by atoms with Gasteiger partial charge in [-0.25, -0.2) is 5.43 Å². The third kappa shape index (κ3) is 3.00. The lowest BCUT2D eigenvalue weighted by Gasteiger charge is -2.34. The van der Waals surface area contributed by atoms with Gasteiger partial charge in [-0.15, -0.1) is 0 Å². The summed E-state index contributed by atoms with van der Waals surface area (Å²) in [5.74, 6) is -0.109. The number of rotatable bonds is 3. The summed E-state index contributed by atoms with van der Waals surface area (Å²) in [6.07, 6.45) is 0. The average molecular weight is 248 g/mol. The number of nitrogens with one attached hydrogen (secondary N) is 2. The zero-order valence-electron chi connectivity index (χ0n) is 10.9. The van der Waals surface area contributed by atoms with Gasteiger partial charge in [0.15, 0.2) is 0 Å². The maximum absolute atomic E-state index is 11.6. The van der Waals surface area contributed by atoms with Crippen LogP contribution in [0.15, 0.2) is 24.3 Å². The van der Waals surface area contributed by atoms with Gasteiger partial charge >= 0.3 is 0 Å². The van der Waals surface area contributed by atoms with E-state index in [9.17, 15) is 4.79 Å². The molecule has 2 N–H and O–H groups in total. The summed E-state index contributed by atoms with van der Waals surface area (Å²) in [5, 5.41) is 0. The summed E-state index contributed by atoms with van der Waals surface area (Å²) in [7, 11) is 3.82. The summed E-state index contributed by atoms with van der Waals surface area (Å²) >= 11 is 0. The normalized spacial score (nSPS) is 16.7. The van der Waals surface area contributed by atoms with Crippen LogP contribution in [0.25, 0.3) is 0 Å². The van der Waals surface area contributed by atoms with Crippen LogP contribution in [0.2, 0.25) is 0 Å². The fourth-order valence-electron chi connectivity index (χ4n) is 2.07. The molecule has 0 aliphatic carbocycles. The smallest absolute Gasteiger partial charge is 0.265 e. The molecule has 1 amide bonds. The summed E-state index contributed by atoms with van der Waals surface area (Å²) in [4.78, 5) is 16.3. The highest BCUT2D eigenvalue weighted by Crippen LogP contribution is 2.16. The molecule has 1 fully saturated rings. The number of amides is 1. The second kappa shape index (κ2) is 5.84. The molecule has 0 aromatic heterocycles. The molecule has 0 atom stereocenters. The molecule has 0 radical (unpaired) electrons. The first-order chi connectivity index (χ1) is 8.70. The first-order valence-electron chi connectivity index (χ1n) is 6.21. The van der Waals surface area contributed by atoms with Gasteiger partial charge in [0.2, 0.25) is 0 Å². The van der Waals surface area contributed by atoms with E-state index in [0.717, 1.165) is 26.2 Å². The third-order valence-electron chi connectivity index (χ3n) is 3.24. The van der Waals surface area contributed by atoms with Gasteiger partial charge in [0.25, 0.3) is 5.91 Å². The first kappa shape index (κ1) is 12.9. The van der Waals surface area contributed by atoms with Crippen LogP contribution in [0, 0.1) is 0 Å². The van der Waals surface area contributed by atoms with Gasteiger partial charge in [-0.3, -0.25) is 10.2 Å². The Kier molecular flexibility index (Phi) is 4.17. The van der Waals surface area contributed by atoms with Crippen molar-refractivity contribution in [3.8, 4) is 0 Å². The number of anilines is 1. The van der Waals surface area contributed by atoms with E-state index in [1.165, 1.54) is 5.69 Å². The molecule has 98 valence electrons. The van der Waals surface area contributed by atoms with Crippen molar-refractivity contribution in [2.75, 3.05) is 45.2 Å². The number of carbonyl (C=O) groups excluding carboxylic acids is 1. The monoisotopic (exact) mass is 248 g/mol. The molecule has 1 saturated heterocycles. The molecule has 1 aliphatic heterocycles. The second-order valence-corrected chi connectivity index (χ2v) is 4.54. The minimum atomic E-state index is -0.109. The van der Waals surface area contributed by atoms with Gasteiger partial charge in [-0.05, 0) is 31.3 Å². The Morgan fingerprint density at radius 2 is 1.72 bits per heavy atom. The van der Waals surface area contributed by atoms with Crippen LogP contribution in [0.1, 0.15) is 10.4 Å². The van der Waals surface area contributed by atoms with E-state index in [4.69, 9.17) is 0 Å². The summed E-state index contributed by atoms with van der Waals surface area (Å²) in [6.45, 7) is 4.25. The Hall–Kier alpha value is -1.59. The van der Waals surface area contributed by atoms with Crippen molar-refractivity contribution >= 4 is 11.6 Å². The molecule has 1 aromatic carbocycles. The van der Waals surface area contributed by atoms with E-state index < -0.39 is 0 Å². The standard InChI is InChI=1S/C13H20N4O/c1-14-15-13(18)11-3-5-12(6-4-11)17-9-7-16(2)8-10-17/h3-6,14H,7-10H2,1-2H3,(H,15,18). The molecule has 0 spiro atoms. The molecular formula is C13H20N4O. The van der Waals surface area contributed by atoms with Crippen molar-refractivity contribution in [2.45, 2.75) is 0 Å². The largest absolute Gasteiger partial charge is 0.369 e. The van der Waals surface area contributed by atoms with E-state index >= 15 is 0 Å². The third-order valence-corrected chi connectivity index (χ3v) is 3.24. The topological polar surface area (TPSA) is 47.6 Å². The highest BCUT2D eigenvalue weighted by atomic mass is 16.2. The number of hydrazine groups is 1. The van der Waals surface area contributed by atoms with Crippen LogP contribution in [0.5, 0.6) is 0 Å². The molecule has 0 unspecified atom stereocenters. The van der Waals surface area contributed by atoms with Crippen molar-refractivity contribution < 1.29 is 4.79 Å². The predicted octanol–water partition coefficient (Wildman–Crippen LogP) is 0.303. The molecule has 18 heavy (non-hydrogen) atoms. The van der Waals surface area contributed by atoms with Crippen LogP contribution in [0.3, 0.4) is 0 Å². The van der Waals surface area contributed by atoms with E-state index in [-0.39, 0.29) is 5.91 Å². The van der Waals surface area contributed by atoms with Crippen LogP contribution in [0.4, 0.5) is 5.69 Å². The average Bonchev–Trinajstić information content (AvgIpc) is 2.40. The number of benzene rings is 1. The summed E-state index contributed by atoms with van der Waals surface area (Å²) in [6, 6.07) is 7.74. The van der Waals surface area contributed by atoms with Gasteiger partial charge in [0, 0.05) is 44.5 Å². The Labute approximate surface area is 108 Å². The Morgan fingerprint density at radius 1 is 1.11 bits per heavy atom. The van der Waals surface area contributed by atoms with Crippen LogP contribution in [-0.2, 0) is 0 Å². The molecule has 1 aromatic rings. The molecule has 5 nitrogen and oxygen atoms in total. The quantitative estimate of drug-likeness (QED) is 0.756. The fourth-order valence-corrected chi connectivity index (χ4v) is 2.07. The maximum atomic E-state index is 11.6.